The van der Waals surface area contributed by atoms with E-state index in [1.54, 1.807) is 6.07 Å². The summed E-state index contributed by atoms with van der Waals surface area (Å²) < 4.78 is 13.4. The standard InChI is InChI=1S/C21H25FN2O/c1-16-9-10-19(22)13-20(16)21(25)23-14-17-7-3-4-8-18(17)15-24-11-5-2-6-12-24/h3-4,7-10,13H,2,5-6,11-12,14-15H2,1H3,(H,23,25). The molecular weight excluding hydrogens is 315 g/mol. The molecule has 3 nitrogen and oxygen atoms in total. The number of benzene rings is 2. The van der Waals surface area contributed by atoms with Crippen molar-refractivity contribution < 1.29 is 9.18 Å². The minimum absolute atomic E-state index is 0.232. The van der Waals surface area contributed by atoms with Gasteiger partial charge in [-0.1, -0.05) is 36.8 Å². The highest BCUT2D eigenvalue weighted by molar-refractivity contribution is 5.95. The molecule has 0 radical (unpaired) electrons. The van der Waals surface area contributed by atoms with Gasteiger partial charge >= 0.3 is 0 Å². The van der Waals surface area contributed by atoms with E-state index in [-0.39, 0.29) is 11.7 Å². The molecule has 4 heteroatoms. The number of piperidine rings is 1. The van der Waals surface area contributed by atoms with Gasteiger partial charge in [0.05, 0.1) is 0 Å². The van der Waals surface area contributed by atoms with Crippen LogP contribution in [-0.2, 0) is 13.1 Å². The van der Waals surface area contributed by atoms with Gasteiger partial charge in [0, 0.05) is 18.7 Å². The molecule has 0 spiro atoms. The topological polar surface area (TPSA) is 32.3 Å². The molecule has 25 heavy (non-hydrogen) atoms. The molecule has 132 valence electrons. The van der Waals surface area contributed by atoms with Crippen molar-refractivity contribution in [2.75, 3.05) is 13.1 Å². The van der Waals surface area contributed by atoms with Gasteiger partial charge in [0.2, 0.25) is 0 Å². The lowest BCUT2D eigenvalue weighted by Crippen LogP contribution is -2.30. The van der Waals surface area contributed by atoms with Crippen LogP contribution in [-0.4, -0.2) is 23.9 Å². The molecule has 0 atom stereocenters. The van der Waals surface area contributed by atoms with Gasteiger partial charge in [0.25, 0.3) is 5.91 Å². The Morgan fingerprint density at radius 3 is 2.56 bits per heavy atom. The number of amides is 1. The number of likely N-dealkylation sites (tertiary alicyclic amines) is 1. The second-order valence-corrected chi connectivity index (χ2v) is 6.75. The first-order chi connectivity index (χ1) is 12.1. The van der Waals surface area contributed by atoms with E-state index in [0.717, 1.165) is 30.8 Å². The number of carbonyl (C=O) groups excluding carboxylic acids is 1. The van der Waals surface area contributed by atoms with Crippen molar-refractivity contribution in [1.82, 2.24) is 10.2 Å². The predicted molar refractivity (Wildman–Crippen MR) is 97.9 cm³/mol. The Hall–Kier alpha value is -2.20. The van der Waals surface area contributed by atoms with Crippen molar-refractivity contribution in [3.63, 3.8) is 0 Å². The third kappa shape index (κ3) is 4.67. The Morgan fingerprint density at radius 2 is 1.80 bits per heavy atom. The number of nitrogens with one attached hydrogen (secondary N) is 1. The van der Waals surface area contributed by atoms with Crippen LogP contribution in [0.4, 0.5) is 4.39 Å². The number of hydrogen-bond donors (Lipinski definition) is 1. The van der Waals surface area contributed by atoms with Crippen molar-refractivity contribution >= 4 is 5.91 Å². The van der Waals surface area contributed by atoms with Crippen LogP contribution in [0.1, 0.15) is 46.3 Å². The van der Waals surface area contributed by atoms with Crippen LogP contribution >= 0.6 is 0 Å². The van der Waals surface area contributed by atoms with Crippen LogP contribution in [0.25, 0.3) is 0 Å². The van der Waals surface area contributed by atoms with E-state index in [4.69, 9.17) is 0 Å². The summed E-state index contributed by atoms with van der Waals surface area (Å²) in [5, 5.41) is 2.94. The van der Waals surface area contributed by atoms with Crippen LogP contribution in [0.3, 0.4) is 0 Å². The Labute approximate surface area is 148 Å². The zero-order valence-corrected chi connectivity index (χ0v) is 14.7. The molecular formula is C21H25FN2O. The number of aryl methyl sites for hydroxylation is 1. The normalized spacial score (nSPS) is 15.1. The van der Waals surface area contributed by atoms with Crippen LogP contribution in [0.15, 0.2) is 42.5 Å². The van der Waals surface area contributed by atoms with Crippen LogP contribution in [0, 0.1) is 12.7 Å². The molecule has 1 aliphatic rings. The van der Waals surface area contributed by atoms with Crippen molar-refractivity contribution in [2.24, 2.45) is 0 Å². The number of hydrogen-bond acceptors (Lipinski definition) is 2. The molecule has 1 amide bonds. The first-order valence-corrected chi connectivity index (χ1v) is 8.97. The highest BCUT2D eigenvalue weighted by Crippen LogP contribution is 2.17. The fourth-order valence-electron chi connectivity index (χ4n) is 3.35. The Bertz CT molecular complexity index is 738. The Morgan fingerprint density at radius 1 is 1.08 bits per heavy atom. The second kappa shape index (κ2) is 8.26. The van der Waals surface area contributed by atoms with E-state index in [1.165, 1.54) is 37.0 Å². The maximum atomic E-state index is 13.4. The van der Waals surface area contributed by atoms with Crippen LogP contribution < -0.4 is 5.32 Å². The van der Waals surface area contributed by atoms with Crippen LogP contribution in [0.5, 0.6) is 0 Å². The summed E-state index contributed by atoms with van der Waals surface area (Å²) in [6.07, 6.45) is 3.84. The van der Waals surface area contributed by atoms with Crippen LogP contribution in [0.2, 0.25) is 0 Å². The highest BCUT2D eigenvalue weighted by Gasteiger charge is 2.14. The van der Waals surface area contributed by atoms with Gasteiger partial charge in [-0.15, -0.1) is 0 Å². The summed E-state index contributed by atoms with van der Waals surface area (Å²) >= 11 is 0. The maximum absolute atomic E-state index is 13.4. The summed E-state index contributed by atoms with van der Waals surface area (Å²) in [6, 6.07) is 12.5. The largest absolute Gasteiger partial charge is 0.348 e. The summed E-state index contributed by atoms with van der Waals surface area (Å²) in [5.41, 5.74) is 3.55. The second-order valence-electron chi connectivity index (χ2n) is 6.75. The number of carbonyl (C=O) groups is 1. The van der Waals surface area contributed by atoms with Gasteiger partial charge < -0.3 is 5.32 Å². The quantitative estimate of drug-likeness (QED) is 0.890. The smallest absolute Gasteiger partial charge is 0.251 e. The third-order valence-electron chi connectivity index (χ3n) is 4.84. The molecule has 1 fully saturated rings. The molecule has 3 rings (SSSR count). The minimum Gasteiger partial charge on any atom is -0.348 e. The maximum Gasteiger partial charge on any atom is 0.251 e. The molecule has 0 aliphatic carbocycles. The molecule has 1 heterocycles. The van der Waals surface area contributed by atoms with Gasteiger partial charge in [-0.05, 0) is 61.7 Å². The van der Waals surface area contributed by atoms with Gasteiger partial charge in [-0.25, -0.2) is 4.39 Å². The number of rotatable bonds is 5. The highest BCUT2D eigenvalue weighted by atomic mass is 19.1. The number of halogens is 1. The molecule has 0 bridgehead atoms. The zero-order chi connectivity index (χ0) is 17.6. The van der Waals surface area contributed by atoms with Crippen molar-refractivity contribution in [3.05, 3.63) is 70.5 Å². The van der Waals surface area contributed by atoms with Gasteiger partial charge in [-0.3, -0.25) is 9.69 Å². The molecule has 2 aromatic carbocycles. The lowest BCUT2D eigenvalue weighted by atomic mass is 10.0. The molecule has 1 N–H and O–H groups in total. The van der Waals surface area contributed by atoms with Crippen molar-refractivity contribution in [2.45, 2.75) is 39.3 Å². The molecule has 1 saturated heterocycles. The average Bonchev–Trinajstić information content (AvgIpc) is 2.63. The Kier molecular flexibility index (Phi) is 5.82. The van der Waals surface area contributed by atoms with E-state index >= 15 is 0 Å². The minimum atomic E-state index is -0.388. The van der Waals surface area contributed by atoms with Crippen molar-refractivity contribution in [1.29, 1.82) is 0 Å². The predicted octanol–water partition coefficient (Wildman–Crippen LogP) is 4.05. The zero-order valence-electron chi connectivity index (χ0n) is 14.7. The van der Waals surface area contributed by atoms with E-state index in [1.807, 2.05) is 19.1 Å². The van der Waals surface area contributed by atoms with E-state index < -0.39 is 0 Å². The summed E-state index contributed by atoms with van der Waals surface area (Å²) in [4.78, 5) is 14.9. The van der Waals surface area contributed by atoms with E-state index in [9.17, 15) is 9.18 Å². The lowest BCUT2D eigenvalue weighted by molar-refractivity contribution is 0.0949. The third-order valence-corrected chi connectivity index (χ3v) is 4.84. The van der Waals surface area contributed by atoms with Gasteiger partial charge in [-0.2, -0.15) is 0 Å². The average molecular weight is 340 g/mol. The molecule has 2 aromatic rings. The number of nitrogens with zero attached hydrogens (tertiary/aromatic N) is 1. The van der Waals surface area contributed by atoms with Gasteiger partial charge in [0.15, 0.2) is 0 Å². The van der Waals surface area contributed by atoms with Crippen molar-refractivity contribution in [3.8, 4) is 0 Å². The molecule has 0 unspecified atom stereocenters. The fourth-order valence-corrected chi connectivity index (χ4v) is 3.35. The first kappa shape index (κ1) is 17.6. The summed E-state index contributed by atoms with van der Waals surface area (Å²) in [6.45, 7) is 5.48. The van der Waals surface area contributed by atoms with E-state index in [2.05, 4.69) is 22.3 Å². The summed E-state index contributed by atoms with van der Waals surface area (Å²) in [7, 11) is 0. The Balaban J connectivity index is 1.66. The molecule has 1 aliphatic heterocycles. The van der Waals surface area contributed by atoms with Gasteiger partial charge in [0.1, 0.15) is 5.82 Å². The fraction of sp³-hybridized carbons (Fsp3) is 0.381. The SMILES string of the molecule is Cc1ccc(F)cc1C(=O)NCc1ccccc1CN1CCCCC1. The first-order valence-electron chi connectivity index (χ1n) is 8.97. The monoisotopic (exact) mass is 340 g/mol. The molecule has 0 saturated carbocycles. The molecule has 0 aromatic heterocycles. The summed E-state index contributed by atoms with van der Waals surface area (Å²) in [5.74, 6) is -0.619. The lowest BCUT2D eigenvalue weighted by Gasteiger charge is -2.27. The van der Waals surface area contributed by atoms with E-state index in [0.29, 0.717) is 12.1 Å².